The third-order valence-electron chi connectivity index (χ3n) is 4.07. The number of aliphatic hydroxyl groups excluding tert-OH is 1. The van der Waals surface area contributed by atoms with E-state index in [0.717, 1.165) is 22.6 Å². The van der Waals surface area contributed by atoms with Crippen LogP contribution in [0.5, 0.6) is 11.5 Å². The van der Waals surface area contributed by atoms with E-state index in [2.05, 4.69) is 0 Å². The van der Waals surface area contributed by atoms with Gasteiger partial charge < -0.3 is 14.6 Å². The Hall–Kier alpha value is -1.97. The third-order valence-corrected chi connectivity index (χ3v) is 4.49. The number of para-hydroxylation sites is 1. The van der Waals surface area contributed by atoms with E-state index in [1.54, 1.807) is 7.11 Å². The second-order valence-electron chi connectivity index (χ2n) is 5.46. The molecular weight excluding hydrogens is 312 g/mol. The minimum atomic E-state index is -0.650. The van der Waals surface area contributed by atoms with Gasteiger partial charge in [0, 0.05) is 11.1 Å². The van der Waals surface area contributed by atoms with Gasteiger partial charge in [-0.3, -0.25) is 0 Å². The molecule has 2 atom stereocenters. The second-order valence-corrected chi connectivity index (χ2v) is 5.84. The van der Waals surface area contributed by atoms with Crippen LogP contribution in [-0.2, 0) is 0 Å². The molecule has 0 bridgehead atoms. The first-order chi connectivity index (χ1) is 11.2. The Kier molecular flexibility index (Phi) is 4.60. The summed E-state index contributed by atoms with van der Waals surface area (Å²) in [5.74, 6) is 1.50. The first-order valence-electron chi connectivity index (χ1n) is 7.63. The van der Waals surface area contributed by atoms with Gasteiger partial charge in [-0.05, 0) is 36.2 Å². The standard InChI is InChI=1S/C19H19ClO3/c1-3-15(21)17-18(20)14-6-4-5-7-16(14)23-19(17)12-8-10-13(22-2)11-9-12/h4-11,15,19,21H,3H2,1-2H3/t15-,19+/m1/s1. The zero-order chi connectivity index (χ0) is 16.4. The number of ether oxygens (including phenoxy) is 2. The van der Waals surface area contributed by atoms with E-state index in [-0.39, 0.29) is 0 Å². The topological polar surface area (TPSA) is 38.7 Å². The molecule has 1 heterocycles. The van der Waals surface area contributed by atoms with E-state index in [4.69, 9.17) is 21.1 Å². The molecule has 0 aromatic heterocycles. The molecule has 0 saturated heterocycles. The van der Waals surface area contributed by atoms with Gasteiger partial charge in [-0.2, -0.15) is 0 Å². The molecule has 23 heavy (non-hydrogen) atoms. The van der Waals surface area contributed by atoms with Gasteiger partial charge >= 0.3 is 0 Å². The van der Waals surface area contributed by atoms with Crippen molar-refractivity contribution in [3.63, 3.8) is 0 Å². The fourth-order valence-corrected chi connectivity index (χ4v) is 3.16. The van der Waals surface area contributed by atoms with E-state index < -0.39 is 12.2 Å². The normalized spacial score (nSPS) is 18.2. The van der Waals surface area contributed by atoms with Crippen molar-refractivity contribution in [1.82, 2.24) is 0 Å². The molecule has 0 unspecified atom stereocenters. The van der Waals surface area contributed by atoms with Crippen LogP contribution in [0.2, 0.25) is 0 Å². The molecule has 3 nitrogen and oxygen atoms in total. The summed E-state index contributed by atoms with van der Waals surface area (Å²) in [6.07, 6.45) is -0.481. The Morgan fingerprint density at radius 3 is 2.52 bits per heavy atom. The van der Waals surface area contributed by atoms with Crippen LogP contribution in [0, 0.1) is 0 Å². The second kappa shape index (κ2) is 6.65. The average Bonchev–Trinajstić information content (AvgIpc) is 2.61. The number of rotatable bonds is 4. The lowest BCUT2D eigenvalue weighted by Crippen LogP contribution is -2.24. The van der Waals surface area contributed by atoms with E-state index in [0.29, 0.717) is 17.0 Å². The monoisotopic (exact) mass is 330 g/mol. The minimum Gasteiger partial charge on any atom is -0.497 e. The Morgan fingerprint density at radius 2 is 1.87 bits per heavy atom. The number of methoxy groups -OCH3 is 1. The third kappa shape index (κ3) is 2.94. The molecule has 3 rings (SSSR count). The predicted octanol–water partition coefficient (Wildman–Crippen LogP) is 4.55. The van der Waals surface area contributed by atoms with Crippen molar-refractivity contribution < 1.29 is 14.6 Å². The highest BCUT2D eigenvalue weighted by atomic mass is 35.5. The van der Waals surface area contributed by atoms with Crippen molar-refractivity contribution in [3.8, 4) is 11.5 Å². The van der Waals surface area contributed by atoms with E-state index in [9.17, 15) is 5.11 Å². The van der Waals surface area contributed by atoms with Crippen molar-refractivity contribution in [2.75, 3.05) is 7.11 Å². The predicted molar refractivity (Wildman–Crippen MR) is 91.9 cm³/mol. The highest BCUT2D eigenvalue weighted by molar-refractivity contribution is 6.49. The van der Waals surface area contributed by atoms with Crippen LogP contribution in [0.1, 0.15) is 30.6 Å². The van der Waals surface area contributed by atoms with Crippen LogP contribution < -0.4 is 9.47 Å². The molecule has 120 valence electrons. The zero-order valence-corrected chi connectivity index (χ0v) is 13.9. The smallest absolute Gasteiger partial charge is 0.149 e. The van der Waals surface area contributed by atoms with Crippen molar-refractivity contribution in [3.05, 3.63) is 65.2 Å². The lowest BCUT2D eigenvalue weighted by atomic mass is 9.91. The maximum absolute atomic E-state index is 10.5. The molecule has 0 amide bonds. The van der Waals surface area contributed by atoms with Crippen LogP contribution in [0.4, 0.5) is 0 Å². The van der Waals surface area contributed by atoms with Crippen molar-refractivity contribution in [2.45, 2.75) is 25.6 Å². The summed E-state index contributed by atoms with van der Waals surface area (Å²) in [7, 11) is 1.63. The molecule has 1 aliphatic rings. The minimum absolute atomic E-state index is 0.404. The van der Waals surface area contributed by atoms with Gasteiger partial charge in [0.2, 0.25) is 0 Å². The molecule has 2 aromatic rings. The number of aliphatic hydroxyl groups is 1. The summed E-state index contributed by atoms with van der Waals surface area (Å²) >= 11 is 6.60. The highest BCUT2D eigenvalue weighted by Crippen LogP contribution is 2.45. The van der Waals surface area contributed by atoms with Crippen molar-refractivity contribution in [1.29, 1.82) is 0 Å². The number of hydrogen-bond donors (Lipinski definition) is 1. The number of halogens is 1. The summed E-state index contributed by atoms with van der Waals surface area (Å²) in [5, 5.41) is 11.0. The van der Waals surface area contributed by atoms with E-state index in [1.165, 1.54) is 0 Å². The summed E-state index contributed by atoms with van der Waals surface area (Å²) in [6, 6.07) is 15.2. The Morgan fingerprint density at radius 1 is 1.17 bits per heavy atom. The fourth-order valence-electron chi connectivity index (χ4n) is 2.78. The number of hydrogen-bond acceptors (Lipinski definition) is 3. The van der Waals surface area contributed by atoms with Gasteiger partial charge in [0.1, 0.15) is 17.6 Å². The van der Waals surface area contributed by atoms with E-state index >= 15 is 0 Å². The molecule has 0 fully saturated rings. The number of fused-ring (bicyclic) bond motifs is 1. The fraction of sp³-hybridized carbons (Fsp3) is 0.263. The Bertz CT molecular complexity index is 722. The number of benzene rings is 2. The van der Waals surface area contributed by atoms with Gasteiger partial charge in [0.25, 0.3) is 0 Å². The van der Waals surface area contributed by atoms with Gasteiger partial charge in [0.05, 0.1) is 18.2 Å². The first-order valence-corrected chi connectivity index (χ1v) is 8.01. The van der Waals surface area contributed by atoms with Gasteiger partial charge in [-0.25, -0.2) is 0 Å². The van der Waals surface area contributed by atoms with Gasteiger partial charge in [0.15, 0.2) is 0 Å². The van der Waals surface area contributed by atoms with Gasteiger partial charge in [-0.1, -0.05) is 42.8 Å². The SMILES string of the molecule is CC[C@@H](O)C1=C(Cl)c2ccccc2O[C@H]1c1ccc(OC)cc1. The molecule has 0 spiro atoms. The maximum Gasteiger partial charge on any atom is 0.149 e. The highest BCUT2D eigenvalue weighted by Gasteiger charge is 2.32. The quantitative estimate of drug-likeness (QED) is 0.893. The summed E-state index contributed by atoms with van der Waals surface area (Å²) in [6.45, 7) is 1.92. The summed E-state index contributed by atoms with van der Waals surface area (Å²) < 4.78 is 11.4. The van der Waals surface area contributed by atoms with Crippen LogP contribution in [0.25, 0.3) is 5.03 Å². The molecule has 4 heteroatoms. The Balaban J connectivity index is 2.10. The molecule has 0 saturated carbocycles. The molecule has 0 radical (unpaired) electrons. The summed E-state index contributed by atoms with van der Waals surface area (Å²) in [5.41, 5.74) is 2.46. The molecule has 1 aliphatic heterocycles. The van der Waals surface area contributed by atoms with Crippen LogP contribution in [-0.4, -0.2) is 18.3 Å². The van der Waals surface area contributed by atoms with Crippen molar-refractivity contribution >= 4 is 16.6 Å². The van der Waals surface area contributed by atoms with Crippen molar-refractivity contribution in [2.24, 2.45) is 0 Å². The maximum atomic E-state index is 10.5. The molecule has 2 aromatic carbocycles. The van der Waals surface area contributed by atoms with Crippen LogP contribution in [0.15, 0.2) is 54.1 Å². The summed E-state index contributed by atoms with van der Waals surface area (Å²) in [4.78, 5) is 0. The van der Waals surface area contributed by atoms with Crippen LogP contribution >= 0.6 is 11.6 Å². The molecule has 1 N–H and O–H groups in total. The Labute approximate surface area is 141 Å². The lowest BCUT2D eigenvalue weighted by molar-refractivity contribution is 0.152. The lowest BCUT2D eigenvalue weighted by Gasteiger charge is -2.31. The molecular formula is C19H19ClO3. The van der Waals surface area contributed by atoms with Gasteiger partial charge in [-0.15, -0.1) is 0 Å². The van der Waals surface area contributed by atoms with E-state index in [1.807, 2.05) is 55.5 Å². The molecule has 0 aliphatic carbocycles. The first kappa shape index (κ1) is 15.9. The largest absolute Gasteiger partial charge is 0.497 e. The zero-order valence-electron chi connectivity index (χ0n) is 13.1. The van der Waals surface area contributed by atoms with Crippen LogP contribution in [0.3, 0.4) is 0 Å². The average molecular weight is 331 g/mol.